The van der Waals surface area contributed by atoms with Crippen molar-refractivity contribution in [3.05, 3.63) is 24.7 Å². The predicted molar refractivity (Wildman–Crippen MR) is 97.6 cm³/mol. The second-order valence-corrected chi connectivity index (χ2v) is 7.53. The van der Waals surface area contributed by atoms with Gasteiger partial charge in [0.1, 0.15) is 12.1 Å². The van der Waals surface area contributed by atoms with Crippen LogP contribution < -0.4 is 11.1 Å². The molecule has 23 heavy (non-hydrogen) atoms. The average molecular weight is 332 g/mol. The second kappa shape index (κ2) is 6.17. The molecule has 0 aromatic carbocycles. The van der Waals surface area contributed by atoms with Gasteiger partial charge < -0.3 is 11.1 Å². The maximum atomic E-state index is 6.19. The number of nitrogens with one attached hydrogen (secondary N) is 1. The van der Waals surface area contributed by atoms with Crippen LogP contribution in [0.4, 0.5) is 5.82 Å². The molecule has 3 unspecified atom stereocenters. The van der Waals surface area contributed by atoms with E-state index in [1.54, 1.807) is 0 Å². The third kappa shape index (κ3) is 2.64. The van der Waals surface area contributed by atoms with Gasteiger partial charge in [-0.2, -0.15) is 5.10 Å². The predicted octanol–water partition coefficient (Wildman–Crippen LogP) is 2.04. The summed E-state index contributed by atoms with van der Waals surface area (Å²) >= 11 is 0. The fourth-order valence-corrected chi connectivity index (χ4v) is 3.46. The molecule has 1 fully saturated rings. The minimum atomic E-state index is -0.310. The van der Waals surface area contributed by atoms with Crippen LogP contribution in [0.2, 0.25) is 0 Å². The molecule has 0 spiro atoms. The van der Waals surface area contributed by atoms with Gasteiger partial charge in [0, 0.05) is 12.0 Å². The summed E-state index contributed by atoms with van der Waals surface area (Å²) in [4.78, 5) is 8.68. The molecule has 0 aliphatic carbocycles. The fraction of sp³-hybridized carbons (Fsp3) is 0.562. The number of fused-ring (bicyclic) bond motifs is 1. The molecule has 3 N–H and O–H groups in total. The molecule has 3 rings (SSSR count). The molecule has 0 saturated carbocycles. The van der Waals surface area contributed by atoms with E-state index in [2.05, 4.69) is 45.0 Å². The second-order valence-electron chi connectivity index (χ2n) is 6.53. The van der Waals surface area contributed by atoms with E-state index in [9.17, 15) is 0 Å². The third-order valence-corrected chi connectivity index (χ3v) is 5.71. The normalized spacial score (nSPS) is 22.7. The summed E-state index contributed by atoms with van der Waals surface area (Å²) in [5.41, 5.74) is 7.87. The lowest BCUT2D eigenvalue weighted by molar-refractivity contribution is 0.348. The van der Waals surface area contributed by atoms with Crippen LogP contribution in [0.25, 0.3) is 11.0 Å². The molecule has 0 bridgehead atoms. The van der Waals surface area contributed by atoms with Crippen LogP contribution in [0.5, 0.6) is 0 Å². The fourth-order valence-electron chi connectivity index (χ4n) is 3.17. The third-order valence-electron chi connectivity index (χ3n) is 5.02. The van der Waals surface area contributed by atoms with E-state index in [0.717, 1.165) is 42.7 Å². The first-order valence-corrected chi connectivity index (χ1v) is 8.74. The van der Waals surface area contributed by atoms with Crippen LogP contribution in [-0.4, -0.2) is 38.5 Å². The number of nitrogens with two attached hydrogens (primary N) is 1. The minimum Gasteiger partial charge on any atom is -0.383 e. The van der Waals surface area contributed by atoms with Crippen molar-refractivity contribution in [3.8, 4) is 0 Å². The van der Waals surface area contributed by atoms with E-state index >= 15 is 0 Å². The summed E-state index contributed by atoms with van der Waals surface area (Å²) in [6.07, 6.45) is 5.70. The largest absolute Gasteiger partial charge is 0.383 e. The van der Waals surface area contributed by atoms with Gasteiger partial charge in [-0.3, -0.25) is 0 Å². The van der Waals surface area contributed by atoms with Crippen molar-refractivity contribution in [2.24, 2.45) is 0 Å². The topological polar surface area (TPSA) is 81.7 Å². The number of hydrogen-bond donors (Lipinski definition) is 2. The van der Waals surface area contributed by atoms with Crippen molar-refractivity contribution in [1.82, 2.24) is 25.1 Å². The highest BCUT2D eigenvalue weighted by Crippen LogP contribution is 2.39. The van der Waals surface area contributed by atoms with E-state index in [1.807, 2.05) is 10.8 Å². The van der Waals surface area contributed by atoms with E-state index in [1.165, 1.54) is 6.33 Å². The zero-order chi connectivity index (χ0) is 16.6. The van der Waals surface area contributed by atoms with E-state index in [-0.39, 0.29) is 11.1 Å². The standard InChI is InChI=1S/C16H25N6P/c1-4-16(3,10(2)23)13-12-14(17)19-9-20-15(12)22(21-13)11-6-5-7-18-8-11/h4,9-11,18H,1,5-8,23H2,2-3H3,(H2,17,19,20)/t10?,11?,16-/m1/s1. The molecule has 2 aromatic heterocycles. The monoisotopic (exact) mass is 332 g/mol. The molecule has 3 heterocycles. The summed E-state index contributed by atoms with van der Waals surface area (Å²) in [5.74, 6) is 0.485. The first kappa shape index (κ1) is 16.3. The molecular formula is C16H25N6P. The quantitative estimate of drug-likeness (QED) is 0.661. The number of aromatic nitrogens is 4. The average Bonchev–Trinajstić information content (AvgIpc) is 2.96. The van der Waals surface area contributed by atoms with Crippen LogP contribution in [0, 0.1) is 0 Å². The molecular weight excluding hydrogens is 307 g/mol. The maximum Gasteiger partial charge on any atom is 0.163 e. The Labute approximate surface area is 139 Å². The maximum absolute atomic E-state index is 6.19. The van der Waals surface area contributed by atoms with Gasteiger partial charge in [0.2, 0.25) is 0 Å². The lowest BCUT2D eigenvalue weighted by Gasteiger charge is -2.29. The van der Waals surface area contributed by atoms with Crippen molar-refractivity contribution < 1.29 is 0 Å². The van der Waals surface area contributed by atoms with Gasteiger partial charge in [0.15, 0.2) is 5.65 Å². The summed E-state index contributed by atoms with van der Waals surface area (Å²) in [5, 5.41) is 9.24. The van der Waals surface area contributed by atoms with Crippen molar-refractivity contribution in [3.63, 3.8) is 0 Å². The Balaban J connectivity index is 2.24. The molecule has 4 atom stereocenters. The molecule has 6 nitrogen and oxygen atoms in total. The van der Waals surface area contributed by atoms with E-state index in [0.29, 0.717) is 11.9 Å². The van der Waals surface area contributed by atoms with Crippen molar-refractivity contribution in [2.75, 3.05) is 18.8 Å². The molecule has 0 amide bonds. The Morgan fingerprint density at radius 2 is 2.35 bits per heavy atom. The number of allylic oxidation sites excluding steroid dienone is 1. The highest BCUT2D eigenvalue weighted by atomic mass is 31.0. The zero-order valence-electron chi connectivity index (χ0n) is 13.8. The summed E-state index contributed by atoms with van der Waals surface area (Å²) < 4.78 is 2.03. The molecule has 1 aliphatic rings. The van der Waals surface area contributed by atoms with Crippen LogP contribution >= 0.6 is 9.24 Å². The van der Waals surface area contributed by atoms with Gasteiger partial charge >= 0.3 is 0 Å². The van der Waals surface area contributed by atoms with Gasteiger partial charge in [-0.05, 0) is 32.0 Å². The lowest BCUT2D eigenvalue weighted by Crippen LogP contribution is -2.33. The summed E-state index contributed by atoms with van der Waals surface area (Å²) in [6.45, 7) is 10.3. The summed E-state index contributed by atoms with van der Waals surface area (Å²) in [6, 6.07) is 0.295. The van der Waals surface area contributed by atoms with Crippen LogP contribution in [0.15, 0.2) is 19.0 Å². The molecule has 1 aliphatic heterocycles. The zero-order valence-corrected chi connectivity index (χ0v) is 14.9. The van der Waals surface area contributed by atoms with Crippen molar-refractivity contribution in [2.45, 2.75) is 43.8 Å². The van der Waals surface area contributed by atoms with Gasteiger partial charge in [-0.1, -0.05) is 13.0 Å². The number of piperidine rings is 1. The smallest absolute Gasteiger partial charge is 0.163 e. The lowest BCUT2D eigenvalue weighted by atomic mass is 9.82. The highest BCUT2D eigenvalue weighted by Gasteiger charge is 2.35. The first-order valence-electron chi connectivity index (χ1n) is 8.08. The number of rotatable bonds is 4. The molecule has 7 heteroatoms. The van der Waals surface area contributed by atoms with Crippen LogP contribution in [0.3, 0.4) is 0 Å². The molecule has 1 saturated heterocycles. The van der Waals surface area contributed by atoms with E-state index < -0.39 is 0 Å². The Morgan fingerprint density at radius 3 is 2.96 bits per heavy atom. The molecule has 0 radical (unpaired) electrons. The Hall–Kier alpha value is -1.52. The highest BCUT2D eigenvalue weighted by molar-refractivity contribution is 7.17. The number of anilines is 1. The van der Waals surface area contributed by atoms with Crippen molar-refractivity contribution in [1.29, 1.82) is 0 Å². The number of hydrogen-bond acceptors (Lipinski definition) is 5. The minimum absolute atomic E-state index is 0.260. The first-order chi connectivity index (χ1) is 11.0. The molecule has 124 valence electrons. The number of nitrogen functional groups attached to an aromatic ring is 1. The Bertz CT molecular complexity index is 719. The van der Waals surface area contributed by atoms with Gasteiger partial charge in [-0.25, -0.2) is 14.6 Å². The van der Waals surface area contributed by atoms with Gasteiger partial charge in [-0.15, -0.1) is 15.8 Å². The van der Waals surface area contributed by atoms with E-state index in [4.69, 9.17) is 10.8 Å². The Kier molecular flexibility index (Phi) is 4.39. The Morgan fingerprint density at radius 1 is 1.57 bits per heavy atom. The van der Waals surface area contributed by atoms with Crippen LogP contribution in [-0.2, 0) is 5.41 Å². The van der Waals surface area contributed by atoms with Gasteiger partial charge in [0.05, 0.1) is 17.1 Å². The SMILES string of the molecule is C=C[C@@](C)(c1nn(C2CCCNC2)c2ncnc(N)c12)C(C)P. The summed E-state index contributed by atoms with van der Waals surface area (Å²) in [7, 11) is 2.85. The van der Waals surface area contributed by atoms with Gasteiger partial charge in [0.25, 0.3) is 0 Å². The van der Waals surface area contributed by atoms with Crippen molar-refractivity contribution >= 4 is 26.1 Å². The molecule has 2 aromatic rings. The van der Waals surface area contributed by atoms with Crippen LogP contribution in [0.1, 0.15) is 38.4 Å². The number of nitrogens with zero attached hydrogens (tertiary/aromatic N) is 4.